The smallest absolute Gasteiger partial charge is 0.164 e. The van der Waals surface area contributed by atoms with Crippen LogP contribution in [0, 0.1) is 0 Å². The number of benzene rings is 9. The molecule has 2 aliphatic carbocycles. The van der Waals surface area contributed by atoms with Crippen molar-refractivity contribution in [2.75, 3.05) is 0 Å². The quantitative estimate of drug-likeness (QED) is 0.176. The van der Waals surface area contributed by atoms with E-state index in [1.54, 1.807) is 0 Å². The van der Waals surface area contributed by atoms with Gasteiger partial charge in [0, 0.05) is 16.7 Å². The fourth-order valence-electron chi connectivity index (χ4n) is 9.83. The summed E-state index contributed by atoms with van der Waals surface area (Å²) >= 11 is 0. The van der Waals surface area contributed by atoms with Gasteiger partial charge < -0.3 is 0 Å². The zero-order chi connectivity index (χ0) is 38.9. The molecule has 1 aromatic heterocycles. The molecule has 3 heteroatoms. The molecule has 3 nitrogen and oxygen atoms in total. The monoisotopic (exact) mass is 749 g/mol. The van der Waals surface area contributed by atoms with Crippen molar-refractivity contribution in [3.05, 3.63) is 235 Å². The largest absolute Gasteiger partial charge is 0.208 e. The van der Waals surface area contributed by atoms with E-state index >= 15 is 0 Å². The van der Waals surface area contributed by atoms with Crippen molar-refractivity contribution >= 4 is 10.8 Å². The normalized spacial score (nSPS) is 12.9. The second-order valence-corrected chi connectivity index (χ2v) is 15.5. The van der Waals surface area contributed by atoms with Gasteiger partial charge in [0.25, 0.3) is 0 Å². The molecule has 0 unspecified atom stereocenters. The molecule has 0 fully saturated rings. The minimum atomic E-state index is -0.425. The number of nitrogens with zero attached hydrogens (tertiary/aromatic N) is 3. The van der Waals surface area contributed by atoms with Crippen molar-refractivity contribution in [1.29, 1.82) is 0 Å². The van der Waals surface area contributed by atoms with E-state index < -0.39 is 5.41 Å². The van der Waals surface area contributed by atoms with Gasteiger partial charge in [0.2, 0.25) is 0 Å². The first-order valence-corrected chi connectivity index (χ1v) is 20.2. The van der Waals surface area contributed by atoms with Crippen LogP contribution < -0.4 is 0 Å². The van der Waals surface area contributed by atoms with E-state index in [2.05, 4.69) is 152 Å². The molecular formula is C56H35N3. The van der Waals surface area contributed by atoms with Crippen LogP contribution in [0.2, 0.25) is 0 Å². The van der Waals surface area contributed by atoms with E-state index in [-0.39, 0.29) is 0 Å². The third-order valence-electron chi connectivity index (χ3n) is 12.3. The Morgan fingerprint density at radius 1 is 0.254 bits per heavy atom. The highest BCUT2D eigenvalue weighted by Gasteiger charge is 2.52. The van der Waals surface area contributed by atoms with Crippen LogP contribution in [-0.4, -0.2) is 15.0 Å². The second kappa shape index (κ2) is 13.2. The molecule has 0 aliphatic heterocycles. The fraction of sp³-hybridized carbons (Fsp3) is 0.0179. The van der Waals surface area contributed by atoms with E-state index in [0.717, 1.165) is 27.8 Å². The molecular weight excluding hydrogens is 715 g/mol. The lowest BCUT2D eigenvalue weighted by Gasteiger charge is -2.31. The standard InChI is InChI=1S/C56H35N3/c1-3-17-36(18-4-1)53-57-54(37-19-5-2-6-20-37)59-55(58-53)41-24-16-22-39(34-41)38-21-15-23-40(33-38)47-35-51-52(45-28-8-7-25-42(45)47)46-29-11-14-32-50(46)56(51)48-30-12-9-26-43(48)44-27-10-13-31-49(44)56/h1-35H. The van der Waals surface area contributed by atoms with Crippen LogP contribution in [0.1, 0.15) is 22.3 Å². The summed E-state index contributed by atoms with van der Waals surface area (Å²) in [5, 5.41) is 2.52. The molecule has 0 N–H and O–H groups in total. The molecule has 0 saturated carbocycles. The molecule has 10 aromatic rings. The first-order valence-electron chi connectivity index (χ1n) is 20.2. The SMILES string of the molecule is c1ccc(-c2nc(-c3ccccc3)nc(-c3cccc(-c4cccc(-c5cc6c(c7ccccc57)-c5ccccc5C65c6ccccc6-c6ccccc65)c4)c3)n2)cc1. The van der Waals surface area contributed by atoms with E-state index in [4.69, 9.17) is 15.0 Å². The van der Waals surface area contributed by atoms with Crippen molar-refractivity contribution in [2.24, 2.45) is 0 Å². The van der Waals surface area contributed by atoms with Gasteiger partial charge in [0.15, 0.2) is 17.5 Å². The van der Waals surface area contributed by atoms with Gasteiger partial charge in [0.05, 0.1) is 5.41 Å². The van der Waals surface area contributed by atoms with Crippen molar-refractivity contribution in [3.8, 4) is 78.7 Å². The molecule has 59 heavy (non-hydrogen) atoms. The molecule has 0 bridgehead atoms. The van der Waals surface area contributed by atoms with Gasteiger partial charge in [-0.25, -0.2) is 15.0 Å². The second-order valence-electron chi connectivity index (χ2n) is 15.5. The Labute approximate surface area is 343 Å². The summed E-state index contributed by atoms with van der Waals surface area (Å²) in [5.74, 6) is 1.94. The van der Waals surface area contributed by atoms with Gasteiger partial charge in [-0.1, -0.05) is 194 Å². The van der Waals surface area contributed by atoms with Crippen LogP contribution in [0.25, 0.3) is 89.4 Å². The average molecular weight is 750 g/mol. The Bertz CT molecular complexity index is 3170. The van der Waals surface area contributed by atoms with Crippen molar-refractivity contribution in [3.63, 3.8) is 0 Å². The predicted octanol–water partition coefficient (Wildman–Crippen LogP) is 13.7. The van der Waals surface area contributed by atoms with Gasteiger partial charge in [-0.2, -0.15) is 0 Å². The summed E-state index contributed by atoms with van der Waals surface area (Å²) in [6, 6.07) is 76.4. The third-order valence-corrected chi connectivity index (χ3v) is 12.3. The molecule has 2 aliphatic rings. The Balaban J connectivity index is 1.03. The van der Waals surface area contributed by atoms with E-state index in [1.807, 2.05) is 60.7 Å². The molecule has 12 rings (SSSR count). The molecule has 9 aromatic carbocycles. The van der Waals surface area contributed by atoms with E-state index in [1.165, 1.54) is 66.4 Å². The Hall–Kier alpha value is -7.75. The maximum Gasteiger partial charge on any atom is 0.164 e. The number of hydrogen-bond donors (Lipinski definition) is 0. The summed E-state index contributed by atoms with van der Waals surface area (Å²) in [4.78, 5) is 15.0. The lowest BCUT2D eigenvalue weighted by atomic mass is 9.70. The minimum absolute atomic E-state index is 0.425. The van der Waals surface area contributed by atoms with E-state index in [9.17, 15) is 0 Å². The summed E-state index contributed by atoms with van der Waals surface area (Å²) in [7, 11) is 0. The third kappa shape index (κ3) is 5.05. The highest BCUT2D eigenvalue weighted by Crippen LogP contribution is 2.64. The van der Waals surface area contributed by atoms with Crippen LogP contribution in [0.5, 0.6) is 0 Å². The lowest BCUT2D eigenvalue weighted by molar-refractivity contribution is 0.794. The molecule has 0 radical (unpaired) electrons. The van der Waals surface area contributed by atoms with Gasteiger partial charge in [-0.3, -0.25) is 0 Å². The first kappa shape index (κ1) is 33.4. The zero-order valence-corrected chi connectivity index (χ0v) is 32.0. The zero-order valence-electron chi connectivity index (χ0n) is 32.0. The Morgan fingerprint density at radius 2 is 0.661 bits per heavy atom. The molecule has 1 spiro atoms. The summed E-state index contributed by atoms with van der Waals surface area (Å²) in [6.07, 6.45) is 0. The van der Waals surface area contributed by atoms with Crippen molar-refractivity contribution in [1.82, 2.24) is 15.0 Å². The number of fused-ring (bicyclic) bond motifs is 12. The van der Waals surface area contributed by atoms with Gasteiger partial charge in [0.1, 0.15) is 0 Å². The van der Waals surface area contributed by atoms with Gasteiger partial charge in [-0.15, -0.1) is 0 Å². The molecule has 1 heterocycles. The topological polar surface area (TPSA) is 38.7 Å². The number of hydrogen-bond acceptors (Lipinski definition) is 3. The summed E-state index contributed by atoms with van der Waals surface area (Å²) in [6.45, 7) is 0. The highest BCUT2D eigenvalue weighted by molar-refractivity contribution is 6.11. The first-order chi connectivity index (χ1) is 29.3. The summed E-state index contributed by atoms with van der Waals surface area (Å²) in [5.41, 5.74) is 17.7. The lowest BCUT2D eigenvalue weighted by Crippen LogP contribution is -2.25. The number of rotatable bonds is 5. The maximum atomic E-state index is 5.03. The molecule has 0 atom stereocenters. The van der Waals surface area contributed by atoms with Gasteiger partial charge in [-0.05, 0) is 95.7 Å². The van der Waals surface area contributed by atoms with Crippen LogP contribution in [0.3, 0.4) is 0 Å². The van der Waals surface area contributed by atoms with Gasteiger partial charge >= 0.3 is 0 Å². The fourth-order valence-corrected chi connectivity index (χ4v) is 9.83. The van der Waals surface area contributed by atoms with E-state index in [0.29, 0.717) is 17.5 Å². The Morgan fingerprint density at radius 3 is 1.25 bits per heavy atom. The highest BCUT2D eigenvalue weighted by atomic mass is 15.0. The minimum Gasteiger partial charge on any atom is -0.208 e. The number of aromatic nitrogens is 3. The Kier molecular flexibility index (Phi) is 7.45. The predicted molar refractivity (Wildman–Crippen MR) is 241 cm³/mol. The maximum absolute atomic E-state index is 5.03. The van der Waals surface area contributed by atoms with Crippen LogP contribution in [-0.2, 0) is 5.41 Å². The average Bonchev–Trinajstić information content (AvgIpc) is 3.79. The van der Waals surface area contributed by atoms with Crippen LogP contribution in [0.4, 0.5) is 0 Å². The summed E-state index contributed by atoms with van der Waals surface area (Å²) < 4.78 is 0. The molecule has 0 saturated heterocycles. The molecule has 274 valence electrons. The van der Waals surface area contributed by atoms with Crippen LogP contribution >= 0.6 is 0 Å². The molecule has 0 amide bonds. The van der Waals surface area contributed by atoms with Crippen molar-refractivity contribution < 1.29 is 0 Å². The van der Waals surface area contributed by atoms with Crippen molar-refractivity contribution in [2.45, 2.75) is 5.41 Å². The van der Waals surface area contributed by atoms with Crippen LogP contribution in [0.15, 0.2) is 212 Å².